The maximum atomic E-state index is 15.4. The van der Waals surface area contributed by atoms with Crippen molar-refractivity contribution in [3.8, 4) is 46.0 Å². The Hall–Kier alpha value is -4.24. The Morgan fingerprint density at radius 2 is 0.605 bits per heavy atom. The van der Waals surface area contributed by atoms with Gasteiger partial charge >= 0.3 is 0 Å². The van der Waals surface area contributed by atoms with Crippen LogP contribution in [0.3, 0.4) is 0 Å². The van der Waals surface area contributed by atoms with Crippen molar-refractivity contribution in [3.63, 3.8) is 0 Å². The molecule has 0 atom stereocenters. The average molecular weight is 534 g/mol. The maximum absolute atomic E-state index is 15.4. The third-order valence-corrected chi connectivity index (χ3v) is 13.8. The van der Waals surface area contributed by atoms with Gasteiger partial charge in [-0.2, -0.15) is 0 Å². The molecule has 8 heteroatoms. The van der Waals surface area contributed by atoms with Crippen LogP contribution >= 0.6 is 14.3 Å². The van der Waals surface area contributed by atoms with Crippen molar-refractivity contribution in [1.29, 1.82) is 0 Å². The van der Waals surface area contributed by atoms with Crippen LogP contribution in [-0.2, 0) is 9.13 Å². The minimum Gasteiger partial charge on any atom is -0.452 e. The predicted molar refractivity (Wildman–Crippen MR) is 146 cm³/mol. The monoisotopic (exact) mass is 534 g/mol. The summed E-state index contributed by atoms with van der Waals surface area (Å²) >= 11 is 0. The molecule has 0 saturated heterocycles. The molecule has 0 aromatic heterocycles. The highest BCUT2D eigenvalue weighted by atomic mass is 31.2. The molecule has 0 N–H and O–H groups in total. The molecular formula is C30H16O6P2. The number of ether oxygens (including phenoxy) is 4. The normalized spacial score (nSPS) is 16.8. The molecule has 182 valence electrons. The van der Waals surface area contributed by atoms with Crippen molar-refractivity contribution in [2.24, 2.45) is 0 Å². The fourth-order valence-corrected chi connectivity index (χ4v) is 12.1. The number of hydrogen-bond donors (Lipinski definition) is 0. The van der Waals surface area contributed by atoms with E-state index in [1.807, 2.05) is 72.8 Å². The average Bonchev–Trinajstić information content (AvgIpc) is 2.95. The van der Waals surface area contributed by atoms with Crippen molar-refractivity contribution < 1.29 is 28.1 Å². The molecule has 0 spiro atoms. The highest BCUT2D eigenvalue weighted by Crippen LogP contribution is 2.67. The smallest absolute Gasteiger partial charge is 0.186 e. The lowest BCUT2D eigenvalue weighted by Gasteiger charge is -2.40. The third kappa shape index (κ3) is 2.24. The van der Waals surface area contributed by atoms with Gasteiger partial charge in [0.05, 0.1) is 21.2 Å². The summed E-state index contributed by atoms with van der Waals surface area (Å²) in [6.45, 7) is 0. The van der Waals surface area contributed by atoms with Gasteiger partial charge in [-0.15, -0.1) is 0 Å². The minimum absolute atomic E-state index is 0.257. The Morgan fingerprint density at radius 1 is 0.368 bits per heavy atom. The van der Waals surface area contributed by atoms with E-state index in [0.29, 0.717) is 54.8 Å². The van der Waals surface area contributed by atoms with Gasteiger partial charge in [-0.1, -0.05) is 48.5 Å². The van der Waals surface area contributed by atoms with Gasteiger partial charge in [0.25, 0.3) is 0 Å². The molecule has 0 radical (unpaired) electrons. The van der Waals surface area contributed by atoms with Gasteiger partial charge < -0.3 is 28.1 Å². The molecule has 4 aliphatic heterocycles. The molecule has 9 rings (SSSR count). The van der Waals surface area contributed by atoms with Crippen molar-refractivity contribution in [1.82, 2.24) is 0 Å². The summed E-state index contributed by atoms with van der Waals surface area (Å²) in [5.74, 6) is 2.91. The lowest BCUT2D eigenvalue weighted by molar-refractivity contribution is 0.395. The number of rotatable bonds is 0. The Bertz CT molecular complexity index is 1740. The first-order chi connectivity index (χ1) is 18.6. The van der Waals surface area contributed by atoms with Crippen molar-refractivity contribution in [2.45, 2.75) is 0 Å². The summed E-state index contributed by atoms with van der Waals surface area (Å²) in [4.78, 5) is 0. The van der Waals surface area contributed by atoms with E-state index in [9.17, 15) is 0 Å². The van der Waals surface area contributed by atoms with E-state index in [-0.39, 0.29) is 23.0 Å². The van der Waals surface area contributed by atoms with E-state index in [4.69, 9.17) is 18.9 Å². The zero-order chi connectivity index (χ0) is 25.2. The van der Waals surface area contributed by atoms with Gasteiger partial charge in [-0.05, 0) is 48.5 Å². The Balaban J connectivity index is 1.49. The van der Waals surface area contributed by atoms with Gasteiger partial charge in [0.15, 0.2) is 37.3 Å². The molecule has 38 heavy (non-hydrogen) atoms. The highest BCUT2D eigenvalue weighted by molar-refractivity contribution is 7.87. The van der Waals surface area contributed by atoms with Crippen molar-refractivity contribution in [3.05, 3.63) is 97.1 Å². The fraction of sp³-hybridized carbons (Fsp3) is 0. The van der Waals surface area contributed by atoms with Crippen LogP contribution in [-0.4, -0.2) is 0 Å². The van der Waals surface area contributed by atoms with Crippen LogP contribution in [0, 0.1) is 0 Å². The van der Waals surface area contributed by atoms with Crippen molar-refractivity contribution in [2.75, 3.05) is 0 Å². The molecule has 5 aromatic rings. The second-order valence-electron chi connectivity index (χ2n) is 9.51. The Kier molecular flexibility index (Phi) is 3.71. The zero-order valence-electron chi connectivity index (χ0n) is 19.6. The van der Waals surface area contributed by atoms with Crippen molar-refractivity contribution >= 4 is 46.1 Å². The van der Waals surface area contributed by atoms with Crippen LogP contribution in [0.15, 0.2) is 97.1 Å². The highest BCUT2D eigenvalue weighted by Gasteiger charge is 2.55. The third-order valence-electron chi connectivity index (χ3n) is 7.57. The van der Waals surface area contributed by atoms with Crippen LogP contribution in [0.2, 0.25) is 0 Å². The largest absolute Gasteiger partial charge is 0.452 e. The van der Waals surface area contributed by atoms with Crippen LogP contribution in [0.4, 0.5) is 0 Å². The standard InChI is InChI=1S/C30H16O6P2/c31-37-21-13-5-1-9-17(21)33-25-26-30-28(27(29(25)37)35-18-10-2-6-14-22(18)37)36-20-12-4-8-16-24(20)38(30,32)23-15-7-3-11-19(23)34-26/h1-16H. The molecule has 0 saturated carbocycles. The minimum atomic E-state index is -3.49. The first-order valence-corrected chi connectivity index (χ1v) is 15.6. The maximum Gasteiger partial charge on any atom is 0.186 e. The lowest BCUT2D eigenvalue weighted by Crippen LogP contribution is -2.41. The van der Waals surface area contributed by atoms with Crippen LogP contribution < -0.4 is 50.8 Å². The topological polar surface area (TPSA) is 71.1 Å². The Labute approximate surface area is 217 Å². The summed E-state index contributed by atoms with van der Waals surface area (Å²) in [7, 11) is -6.98. The molecule has 0 amide bonds. The van der Waals surface area contributed by atoms with E-state index in [1.165, 1.54) is 0 Å². The summed E-state index contributed by atoms with van der Waals surface area (Å²) < 4.78 is 56.7. The number of fused-ring (bicyclic) bond motifs is 10. The molecule has 0 bridgehead atoms. The van der Waals surface area contributed by atoms with E-state index in [0.717, 1.165) is 0 Å². The van der Waals surface area contributed by atoms with Gasteiger partial charge in [-0.3, -0.25) is 0 Å². The van der Waals surface area contributed by atoms with Gasteiger partial charge in [0.2, 0.25) is 0 Å². The molecule has 4 heterocycles. The van der Waals surface area contributed by atoms with Crippen LogP contribution in [0.5, 0.6) is 46.0 Å². The van der Waals surface area contributed by atoms with E-state index in [2.05, 4.69) is 0 Å². The first-order valence-electron chi connectivity index (χ1n) is 12.1. The second-order valence-corrected chi connectivity index (χ2v) is 14.8. The molecular weight excluding hydrogens is 518 g/mol. The van der Waals surface area contributed by atoms with E-state index < -0.39 is 14.3 Å². The number of para-hydroxylation sites is 4. The quantitative estimate of drug-likeness (QED) is 0.243. The molecule has 5 aromatic carbocycles. The fourth-order valence-electron chi connectivity index (χ4n) is 5.98. The van der Waals surface area contributed by atoms with E-state index in [1.54, 1.807) is 24.3 Å². The Morgan fingerprint density at radius 3 is 0.868 bits per heavy atom. The molecule has 4 aliphatic rings. The number of benzene rings is 5. The molecule has 0 aliphatic carbocycles. The lowest BCUT2D eigenvalue weighted by atomic mass is 10.2. The summed E-state index contributed by atoms with van der Waals surface area (Å²) in [6, 6.07) is 29.2. The molecule has 0 unspecified atom stereocenters. The van der Waals surface area contributed by atoms with E-state index >= 15 is 9.13 Å². The molecule has 6 nitrogen and oxygen atoms in total. The second kappa shape index (κ2) is 6.79. The SMILES string of the molecule is O=P12c3ccccc3Oc3c4c5c(c(c31)Oc1ccccc12)Oc1ccccc1P5(=O)c1ccccc1O4. The summed E-state index contributed by atoms with van der Waals surface area (Å²) in [6.07, 6.45) is 0. The molecule has 0 fully saturated rings. The zero-order valence-corrected chi connectivity index (χ0v) is 21.4. The predicted octanol–water partition coefficient (Wildman–Crippen LogP) is 5.39. The number of hydrogen-bond acceptors (Lipinski definition) is 6. The van der Waals surface area contributed by atoms with Crippen LogP contribution in [0.25, 0.3) is 0 Å². The van der Waals surface area contributed by atoms with Gasteiger partial charge in [-0.25, -0.2) is 0 Å². The summed E-state index contributed by atoms with van der Waals surface area (Å²) in [5, 5.41) is 3.04. The van der Waals surface area contributed by atoms with Gasteiger partial charge in [0, 0.05) is 0 Å². The van der Waals surface area contributed by atoms with Crippen LogP contribution in [0.1, 0.15) is 0 Å². The van der Waals surface area contributed by atoms with Gasteiger partial charge in [0.1, 0.15) is 33.6 Å². The summed E-state index contributed by atoms with van der Waals surface area (Å²) in [5.41, 5.74) is 0. The first kappa shape index (κ1) is 20.8.